The zero-order valence-electron chi connectivity index (χ0n) is 9.93. The van der Waals surface area contributed by atoms with E-state index >= 15 is 0 Å². The Balaban J connectivity index is 2.01. The van der Waals surface area contributed by atoms with Gasteiger partial charge in [0.2, 0.25) is 0 Å². The maximum absolute atomic E-state index is 10.6. The number of likely N-dealkylation sites (N-methyl/N-ethyl adjacent to an activating group) is 1. The number of hydrogen-bond donors (Lipinski definition) is 1. The summed E-state index contributed by atoms with van der Waals surface area (Å²) in [4.78, 5) is 12.4. The Hall–Kier alpha value is -1.62. The zero-order chi connectivity index (χ0) is 12.3. The van der Waals surface area contributed by atoms with Crippen LogP contribution in [0.2, 0.25) is 0 Å². The van der Waals surface area contributed by atoms with E-state index in [9.17, 15) is 10.1 Å². The van der Waals surface area contributed by atoms with Gasteiger partial charge in [-0.25, -0.2) is 0 Å². The molecule has 0 spiro atoms. The van der Waals surface area contributed by atoms with Gasteiger partial charge < -0.3 is 10.2 Å². The standard InChI is InChI=1S/C12H17N3O2/c1-2-13-10-7-8-14(9-10)11-3-5-12(6-4-11)15(16)17/h3-6,10,13H,2,7-9H2,1H3. The summed E-state index contributed by atoms with van der Waals surface area (Å²) < 4.78 is 0. The highest BCUT2D eigenvalue weighted by molar-refractivity contribution is 5.51. The highest BCUT2D eigenvalue weighted by Crippen LogP contribution is 2.23. The number of benzene rings is 1. The van der Waals surface area contributed by atoms with Gasteiger partial charge in [-0.3, -0.25) is 10.1 Å². The second-order valence-electron chi connectivity index (χ2n) is 4.26. The molecule has 0 radical (unpaired) electrons. The Labute approximate surface area is 101 Å². The van der Waals surface area contributed by atoms with Gasteiger partial charge in [-0.05, 0) is 25.1 Å². The molecular formula is C12H17N3O2. The monoisotopic (exact) mass is 235 g/mol. The Morgan fingerprint density at radius 3 is 2.76 bits per heavy atom. The van der Waals surface area contributed by atoms with Gasteiger partial charge in [-0.1, -0.05) is 6.92 Å². The number of nitro benzene ring substituents is 1. The largest absolute Gasteiger partial charge is 0.370 e. The first kappa shape index (κ1) is 11.9. The molecule has 5 heteroatoms. The molecule has 1 N–H and O–H groups in total. The fourth-order valence-corrected chi connectivity index (χ4v) is 2.24. The van der Waals surface area contributed by atoms with Crippen molar-refractivity contribution in [3.05, 3.63) is 34.4 Å². The van der Waals surface area contributed by atoms with E-state index in [0.717, 1.165) is 31.7 Å². The molecule has 1 heterocycles. The molecule has 1 unspecified atom stereocenters. The molecule has 1 aromatic carbocycles. The zero-order valence-corrected chi connectivity index (χ0v) is 9.93. The van der Waals surface area contributed by atoms with Crippen molar-refractivity contribution >= 4 is 11.4 Å². The highest BCUT2D eigenvalue weighted by Gasteiger charge is 2.21. The molecule has 5 nitrogen and oxygen atoms in total. The van der Waals surface area contributed by atoms with Crippen LogP contribution in [0.15, 0.2) is 24.3 Å². The van der Waals surface area contributed by atoms with Crippen LogP contribution in [0.3, 0.4) is 0 Å². The molecule has 1 fully saturated rings. The molecule has 1 saturated heterocycles. The molecule has 1 aliphatic heterocycles. The van der Waals surface area contributed by atoms with Crippen LogP contribution in [-0.2, 0) is 0 Å². The first-order valence-corrected chi connectivity index (χ1v) is 5.93. The van der Waals surface area contributed by atoms with Crippen molar-refractivity contribution in [2.24, 2.45) is 0 Å². The minimum atomic E-state index is -0.366. The van der Waals surface area contributed by atoms with Gasteiger partial charge in [0.1, 0.15) is 0 Å². The van der Waals surface area contributed by atoms with Gasteiger partial charge in [0.05, 0.1) is 4.92 Å². The maximum atomic E-state index is 10.6. The van der Waals surface area contributed by atoms with Gasteiger partial charge in [0.15, 0.2) is 0 Å². The van der Waals surface area contributed by atoms with E-state index in [1.807, 2.05) is 12.1 Å². The van der Waals surface area contributed by atoms with Gasteiger partial charge >= 0.3 is 0 Å². The lowest BCUT2D eigenvalue weighted by molar-refractivity contribution is -0.384. The van der Waals surface area contributed by atoms with E-state index < -0.39 is 0 Å². The Morgan fingerprint density at radius 2 is 2.18 bits per heavy atom. The number of nitrogens with one attached hydrogen (secondary N) is 1. The third-order valence-corrected chi connectivity index (χ3v) is 3.11. The summed E-state index contributed by atoms with van der Waals surface area (Å²) in [6, 6.07) is 7.32. The summed E-state index contributed by atoms with van der Waals surface area (Å²) in [5.41, 5.74) is 1.21. The summed E-state index contributed by atoms with van der Waals surface area (Å²) >= 11 is 0. The second kappa shape index (κ2) is 5.14. The average Bonchev–Trinajstić information content (AvgIpc) is 2.78. The maximum Gasteiger partial charge on any atom is 0.269 e. The lowest BCUT2D eigenvalue weighted by atomic mass is 10.2. The van der Waals surface area contributed by atoms with E-state index in [1.165, 1.54) is 0 Å². The molecule has 17 heavy (non-hydrogen) atoms. The SMILES string of the molecule is CCNC1CCN(c2ccc([N+](=O)[O-])cc2)C1. The molecular weight excluding hydrogens is 218 g/mol. The quantitative estimate of drug-likeness (QED) is 0.638. The summed E-state index contributed by atoms with van der Waals surface area (Å²) in [6.45, 7) is 5.08. The lowest BCUT2D eigenvalue weighted by Crippen LogP contribution is -2.32. The second-order valence-corrected chi connectivity index (χ2v) is 4.26. The summed E-state index contributed by atoms with van der Waals surface area (Å²) in [7, 11) is 0. The molecule has 0 bridgehead atoms. The van der Waals surface area contributed by atoms with E-state index in [2.05, 4.69) is 17.1 Å². The Morgan fingerprint density at radius 1 is 1.47 bits per heavy atom. The summed E-state index contributed by atoms with van der Waals surface area (Å²) in [5.74, 6) is 0. The van der Waals surface area contributed by atoms with E-state index in [4.69, 9.17) is 0 Å². The average molecular weight is 235 g/mol. The summed E-state index contributed by atoms with van der Waals surface area (Å²) in [5, 5.41) is 14.0. The van der Waals surface area contributed by atoms with Crippen molar-refractivity contribution in [3.63, 3.8) is 0 Å². The number of anilines is 1. The van der Waals surface area contributed by atoms with E-state index in [-0.39, 0.29) is 10.6 Å². The lowest BCUT2D eigenvalue weighted by Gasteiger charge is -2.18. The molecule has 0 aliphatic carbocycles. The number of non-ortho nitro benzene ring substituents is 1. The van der Waals surface area contributed by atoms with Gasteiger partial charge in [-0.15, -0.1) is 0 Å². The molecule has 2 rings (SSSR count). The van der Waals surface area contributed by atoms with Crippen molar-refractivity contribution in [2.75, 3.05) is 24.5 Å². The van der Waals surface area contributed by atoms with Crippen LogP contribution in [0.25, 0.3) is 0 Å². The molecule has 1 atom stereocenters. The van der Waals surface area contributed by atoms with Crippen LogP contribution >= 0.6 is 0 Å². The minimum absolute atomic E-state index is 0.149. The van der Waals surface area contributed by atoms with Crippen molar-refractivity contribution < 1.29 is 4.92 Å². The summed E-state index contributed by atoms with van der Waals surface area (Å²) in [6.07, 6.45) is 1.13. The minimum Gasteiger partial charge on any atom is -0.370 e. The van der Waals surface area contributed by atoms with Gasteiger partial charge in [0.25, 0.3) is 5.69 Å². The number of nitrogens with zero attached hydrogens (tertiary/aromatic N) is 2. The van der Waals surface area contributed by atoms with Gasteiger partial charge in [-0.2, -0.15) is 0 Å². The molecule has 1 aromatic rings. The van der Waals surface area contributed by atoms with E-state index in [0.29, 0.717) is 6.04 Å². The molecule has 0 amide bonds. The Kier molecular flexibility index (Phi) is 3.58. The molecule has 0 aromatic heterocycles. The molecule has 1 aliphatic rings. The topological polar surface area (TPSA) is 58.4 Å². The van der Waals surface area contributed by atoms with E-state index in [1.54, 1.807) is 12.1 Å². The molecule has 0 saturated carbocycles. The van der Waals surface area contributed by atoms with Crippen LogP contribution in [0.5, 0.6) is 0 Å². The highest BCUT2D eigenvalue weighted by atomic mass is 16.6. The van der Waals surface area contributed by atoms with Crippen LogP contribution in [0.4, 0.5) is 11.4 Å². The fourth-order valence-electron chi connectivity index (χ4n) is 2.24. The third-order valence-electron chi connectivity index (χ3n) is 3.11. The number of nitro groups is 1. The first-order valence-electron chi connectivity index (χ1n) is 5.93. The normalized spacial score (nSPS) is 19.6. The predicted octanol–water partition coefficient (Wildman–Crippen LogP) is 1.78. The molecule has 92 valence electrons. The van der Waals surface area contributed by atoms with Crippen molar-refractivity contribution in [3.8, 4) is 0 Å². The third kappa shape index (κ3) is 2.74. The van der Waals surface area contributed by atoms with Gasteiger partial charge in [0, 0.05) is 37.0 Å². The fraction of sp³-hybridized carbons (Fsp3) is 0.500. The van der Waals surface area contributed by atoms with Crippen LogP contribution in [-0.4, -0.2) is 30.6 Å². The van der Waals surface area contributed by atoms with Crippen molar-refractivity contribution in [1.29, 1.82) is 0 Å². The van der Waals surface area contributed by atoms with Crippen LogP contribution in [0.1, 0.15) is 13.3 Å². The van der Waals surface area contributed by atoms with Crippen molar-refractivity contribution in [1.82, 2.24) is 5.32 Å². The Bertz CT molecular complexity index is 391. The van der Waals surface area contributed by atoms with Crippen LogP contribution < -0.4 is 10.2 Å². The first-order chi connectivity index (χ1) is 8.20. The number of hydrogen-bond acceptors (Lipinski definition) is 4. The van der Waals surface area contributed by atoms with Crippen molar-refractivity contribution in [2.45, 2.75) is 19.4 Å². The predicted molar refractivity (Wildman–Crippen MR) is 67.4 cm³/mol. The number of rotatable bonds is 4. The smallest absolute Gasteiger partial charge is 0.269 e. The van der Waals surface area contributed by atoms with Crippen LogP contribution in [0, 0.1) is 10.1 Å².